The molecule has 1 aliphatic carbocycles. The molecule has 1 saturated carbocycles. The Kier molecular flexibility index (Phi) is 3.97. The maximum atomic E-state index is 12.2. The highest BCUT2D eigenvalue weighted by molar-refractivity contribution is 5.86. The number of H-pyrrole nitrogens is 1. The largest absolute Gasteiger partial charge is 0.361 e. The zero-order valence-electron chi connectivity index (χ0n) is 12.4. The van der Waals surface area contributed by atoms with Gasteiger partial charge in [0.15, 0.2) is 0 Å². The minimum absolute atomic E-state index is 0.0284. The van der Waals surface area contributed by atoms with Gasteiger partial charge in [-0.3, -0.25) is 4.79 Å². The summed E-state index contributed by atoms with van der Waals surface area (Å²) in [4.78, 5) is 15.4. The third-order valence-corrected chi connectivity index (χ3v) is 4.49. The van der Waals surface area contributed by atoms with E-state index in [9.17, 15) is 4.79 Å². The molecule has 1 amide bonds. The lowest BCUT2D eigenvalue weighted by Crippen LogP contribution is -2.45. The second-order valence-corrected chi connectivity index (χ2v) is 6.29. The molecule has 0 radical (unpaired) electrons. The molecule has 2 unspecified atom stereocenters. The summed E-state index contributed by atoms with van der Waals surface area (Å²) in [5.41, 5.74) is 8.28. The van der Waals surface area contributed by atoms with Gasteiger partial charge in [-0.1, -0.05) is 25.1 Å². The molecule has 21 heavy (non-hydrogen) atoms. The van der Waals surface area contributed by atoms with E-state index in [1.165, 1.54) is 6.42 Å². The summed E-state index contributed by atoms with van der Waals surface area (Å²) in [6.07, 6.45) is 5.87. The molecule has 0 saturated heterocycles. The van der Waals surface area contributed by atoms with Crippen molar-refractivity contribution in [2.75, 3.05) is 0 Å². The number of carbonyl (C=O) groups is 1. The Morgan fingerprint density at radius 2 is 2.24 bits per heavy atom. The van der Waals surface area contributed by atoms with Crippen LogP contribution in [0.5, 0.6) is 0 Å². The summed E-state index contributed by atoms with van der Waals surface area (Å²) in [6, 6.07) is 7.91. The third-order valence-electron chi connectivity index (χ3n) is 4.49. The number of hydrogen-bond donors (Lipinski definition) is 3. The van der Waals surface area contributed by atoms with Crippen molar-refractivity contribution in [1.29, 1.82) is 0 Å². The van der Waals surface area contributed by atoms with Gasteiger partial charge in [0, 0.05) is 23.1 Å². The van der Waals surface area contributed by atoms with E-state index in [2.05, 4.69) is 23.3 Å². The van der Waals surface area contributed by atoms with Gasteiger partial charge in [-0.25, -0.2) is 0 Å². The second kappa shape index (κ2) is 5.90. The average Bonchev–Trinajstić information content (AvgIpc) is 3.06. The third kappa shape index (κ3) is 3.10. The van der Waals surface area contributed by atoms with E-state index >= 15 is 0 Å². The van der Waals surface area contributed by atoms with Crippen molar-refractivity contribution in [3.63, 3.8) is 0 Å². The van der Waals surface area contributed by atoms with Crippen LogP contribution >= 0.6 is 0 Å². The molecule has 0 bridgehead atoms. The van der Waals surface area contributed by atoms with Crippen LogP contribution in [0.3, 0.4) is 0 Å². The van der Waals surface area contributed by atoms with E-state index in [1.54, 1.807) is 0 Å². The van der Waals surface area contributed by atoms with E-state index in [1.807, 2.05) is 24.4 Å². The number of carbonyl (C=O) groups excluding carboxylic acids is 1. The maximum Gasteiger partial charge on any atom is 0.237 e. The van der Waals surface area contributed by atoms with Crippen LogP contribution in [0.15, 0.2) is 30.5 Å². The molecule has 3 atom stereocenters. The van der Waals surface area contributed by atoms with E-state index < -0.39 is 6.04 Å². The molecule has 0 aliphatic heterocycles. The summed E-state index contributed by atoms with van der Waals surface area (Å²) in [5.74, 6) is 0.680. The number of aromatic amines is 1. The van der Waals surface area contributed by atoms with Gasteiger partial charge in [0.05, 0.1) is 6.04 Å². The van der Waals surface area contributed by atoms with E-state index in [0.29, 0.717) is 18.4 Å². The van der Waals surface area contributed by atoms with Crippen molar-refractivity contribution < 1.29 is 4.79 Å². The molecule has 3 rings (SSSR count). The fraction of sp³-hybridized carbons (Fsp3) is 0.471. The van der Waals surface area contributed by atoms with Crippen LogP contribution < -0.4 is 11.1 Å². The molecule has 4 N–H and O–H groups in total. The Hall–Kier alpha value is -1.81. The van der Waals surface area contributed by atoms with Crippen LogP contribution in [0.1, 0.15) is 31.7 Å². The Morgan fingerprint density at radius 1 is 1.43 bits per heavy atom. The fourth-order valence-electron chi connectivity index (χ4n) is 3.28. The minimum atomic E-state index is -0.486. The number of amides is 1. The second-order valence-electron chi connectivity index (χ2n) is 6.29. The summed E-state index contributed by atoms with van der Waals surface area (Å²) < 4.78 is 0. The summed E-state index contributed by atoms with van der Waals surface area (Å²) in [7, 11) is 0. The molecule has 1 aromatic carbocycles. The molecule has 1 fully saturated rings. The average molecular weight is 285 g/mol. The van der Waals surface area contributed by atoms with Crippen molar-refractivity contribution in [3.05, 3.63) is 36.0 Å². The van der Waals surface area contributed by atoms with Crippen molar-refractivity contribution in [2.45, 2.75) is 44.7 Å². The summed E-state index contributed by atoms with van der Waals surface area (Å²) >= 11 is 0. The number of para-hydroxylation sites is 1. The van der Waals surface area contributed by atoms with E-state index in [0.717, 1.165) is 29.3 Å². The zero-order chi connectivity index (χ0) is 14.8. The standard InChI is InChI=1S/C17H23N3O/c1-11-6-7-13(8-11)20-17(21)15(18)9-12-10-19-16-5-3-2-4-14(12)16/h2-5,10-11,13,15,19H,6-9,18H2,1H3,(H,20,21)/t11?,13?,15-/m0/s1. The summed E-state index contributed by atoms with van der Waals surface area (Å²) in [6.45, 7) is 2.23. The Balaban J connectivity index is 1.63. The molecule has 112 valence electrons. The normalized spacial score (nSPS) is 23.3. The molecule has 1 aromatic heterocycles. The van der Waals surface area contributed by atoms with Crippen LogP contribution in [0.2, 0.25) is 0 Å². The first-order chi connectivity index (χ1) is 10.1. The van der Waals surface area contributed by atoms with Gasteiger partial charge in [-0.15, -0.1) is 0 Å². The molecular formula is C17H23N3O. The molecule has 2 aromatic rings. The topological polar surface area (TPSA) is 70.9 Å². The number of benzene rings is 1. The smallest absolute Gasteiger partial charge is 0.237 e. The Bertz CT molecular complexity index is 634. The number of nitrogens with one attached hydrogen (secondary N) is 2. The molecule has 4 heteroatoms. The molecule has 1 heterocycles. The quantitative estimate of drug-likeness (QED) is 0.807. The number of aromatic nitrogens is 1. The molecule has 0 spiro atoms. The SMILES string of the molecule is CC1CCC(NC(=O)[C@@H](N)Cc2c[nH]c3ccccc23)C1. The zero-order valence-corrected chi connectivity index (χ0v) is 12.4. The van der Waals surface area contributed by atoms with Crippen LogP contribution in [0.4, 0.5) is 0 Å². The first-order valence-electron chi connectivity index (χ1n) is 7.74. The predicted octanol–water partition coefficient (Wildman–Crippen LogP) is 2.34. The lowest BCUT2D eigenvalue weighted by atomic mass is 10.0. The predicted molar refractivity (Wildman–Crippen MR) is 84.9 cm³/mol. The van der Waals surface area contributed by atoms with Crippen molar-refractivity contribution in [2.24, 2.45) is 11.7 Å². The molecule has 1 aliphatic rings. The Morgan fingerprint density at radius 3 is 3.00 bits per heavy atom. The van der Waals surface area contributed by atoms with Crippen LogP contribution in [-0.4, -0.2) is 23.0 Å². The molecule has 4 nitrogen and oxygen atoms in total. The highest BCUT2D eigenvalue weighted by atomic mass is 16.2. The highest BCUT2D eigenvalue weighted by Crippen LogP contribution is 2.24. The Labute approximate surface area is 125 Å². The lowest BCUT2D eigenvalue weighted by molar-refractivity contribution is -0.123. The van der Waals surface area contributed by atoms with Crippen molar-refractivity contribution >= 4 is 16.8 Å². The minimum Gasteiger partial charge on any atom is -0.361 e. The highest BCUT2D eigenvalue weighted by Gasteiger charge is 2.25. The molecular weight excluding hydrogens is 262 g/mol. The fourth-order valence-corrected chi connectivity index (χ4v) is 3.28. The van der Waals surface area contributed by atoms with Crippen LogP contribution in [-0.2, 0) is 11.2 Å². The van der Waals surface area contributed by atoms with Gasteiger partial charge in [0.2, 0.25) is 5.91 Å². The first-order valence-corrected chi connectivity index (χ1v) is 7.74. The lowest BCUT2D eigenvalue weighted by Gasteiger charge is -2.16. The van der Waals surface area contributed by atoms with Gasteiger partial charge in [-0.2, -0.15) is 0 Å². The van der Waals surface area contributed by atoms with Crippen LogP contribution in [0.25, 0.3) is 10.9 Å². The van der Waals surface area contributed by atoms with Crippen LogP contribution in [0, 0.1) is 5.92 Å². The van der Waals surface area contributed by atoms with Gasteiger partial charge >= 0.3 is 0 Å². The van der Waals surface area contributed by atoms with Crippen molar-refractivity contribution in [1.82, 2.24) is 10.3 Å². The summed E-state index contributed by atoms with van der Waals surface area (Å²) in [5, 5.41) is 4.24. The van der Waals surface area contributed by atoms with Gasteiger partial charge in [0.1, 0.15) is 0 Å². The van der Waals surface area contributed by atoms with E-state index in [-0.39, 0.29) is 5.91 Å². The van der Waals surface area contributed by atoms with Gasteiger partial charge < -0.3 is 16.0 Å². The first kappa shape index (κ1) is 14.1. The monoisotopic (exact) mass is 285 g/mol. The maximum absolute atomic E-state index is 12.2. The van der Waals surface area contributed by atoms with Crippen molar-refractivity contribution in [3.8, 4) is 0 Å². The number of fused-ring (bicyclic) bond motifs is 1. The van der Waals surface area contributed by atoms with Gasteiger partial charge in [-0.05, 0) is 43.2 Å². The number of rotatable bonds is 4. The van der Waals surface area contributed by atoms with E-state index in [4.69, 9.17) is 5.73 Å². The number of hydrogen-bond acceptors (Lipinski definition) is 2. The number of nitrogens with two attached hydrogens (primary N) is 1. The van der Waals surface area contributed by atoms with Gasteiger partial charge in [0.25, 0.3) is 0 Å².